The highest BCUT2D eigenvalue weighted by Gasteiger charge is 2.26. The number of alkyl halides is 1. The fourth-order valence-electron chi connectivity index (χ4n) is 2.23. The van der Waals surface area contributed by atoms with E-state index in [1.165, 1.54) is 13.0 Å². The Morgan fingerprint density at radius 1 is 1.56 bits per heavy atom. The molecule has 0 saturated carbocycles. The molecular formula is C13H15BrFNO2. The molecule has 0 unspecified atom stereocenters. The van der Waals surface area contributed by atoms with Crippen LogP contribution in [0.3, 0.4) is 0 Å². The molecule has 0 N–H and O–H groups in total. The molecule has 1 aliphatic rings. The smallest absolute Gasteiger partial charge is 0.223 e. The number of hydrogen-bond acceptors (Lipinski definition) is 2. The van der Waals surface area contributed by atoms with Crippen molar-refractivity contribution in [1.82, 2.24) is 0 Å². The average molecular weight is 316 g/mol. The zero-order valence-electron chi connectivity index (χ0n) is 10.2. The summed E-state index contributed by atoms with van der Waals surface area (Å²) in [6.07, 6.45) is 1.43. The second-order valence-electron chi connectivity index (χ2n) is 4.18. The summed E-state index contributed by atoms with van der Waals surface area (Å²) in [5.74, 6) is 0.244. The molecule has 0 bridgehead atoms. The second kappa shape index (κ2) is 5.69. The van der Waals surface area contributed by atoms with Crippen molar-refractivity contribution < 1.29 is 13.9 Å². The Morgan fingerprint density at radius 2 is 2.33 bits per heavy atom. The van der Waals surface area contributed by atoms with Gasteiger partial charge in [0, 0.05) is 24.4 Å². The molecule has 5 heteroatoms. The number of anilines is 1. The Kier molecular flexibility index (Phi) is 4.22. The fraction of sp³-hybridized carbons (Fsp3) is 0.462. The summed E-state index contributed by atoms with van der Waals surface area (Å²) in [4.78, 5) is 13.2. The van der Waals surface area contributed by atoms with Crippen LogP contribution in [-0.2, 0) is 11.2 Å². The first-order chi connectivity index (χ1) is 8.65. The quantitative estimate of drug-likeness (QED) is 0.803. The van der Waals surface area contributed by atoms with Gasteiger partial charge in [0.1, 0.15) is 11.6 Å². The van der Waals surface area contributed by atoms with Crippen LogP contribution in [0.15, 0.2) is 12.1 Å². The number of halogens is 2. The molecule has 1 aromatic carbocycles. The molecular weight excluding hydrogens is 301 g/mol. The van der Waals surface area contributed by atoms with E-state index in [2.05, 4.69) is 15.9 Å². The zero-order valence-corrected chi connectivity index (χ0v) is 11.8. The van der Waals surface area contributed by atoms with E-state index in [9.17, 15) is 9.18 Å². The highest BCUT2D eigenvalue weighted by atomic mass is 79.9. The minimum Gasteiger partial charge on any atom is -0.491 e. The molecule has 0 radical (unpaired) electrons. The summed E-state index contributed by atoms with van der Waals surface area (Å²) in [6, 6.07) is 3.00. The van der Waals surface area contributed by atoms with Gasteiger partial charge in [0.05, 0.1) is 12.3 Å². The van der Waals surface area contributed by atoms with Crippen LogP contribution in [-0.4, -0.2) is 24.4 Å². The highest BCUT2D eigenvalue weighted by Crippen LogP contribution is 2.38. The van der Waals surface area contributed by atoms with Crippen molar-refractivity contribution in [3.63, 3.8) is 0 Å². The lowest BCUT2D eigenvalue weighted by Gasteiger charge is -2.30. The minimum atomic E-state index is -0.262. The molecule has 0 aliphatic carbocycles. The van der Waals surface area contributed by atoms with Crippen LogP contribution in [0.25, 0.3) is 0 Å². The number of ether oxygens (including phenoxy) is 1. The largest absolute Gasteiger partial charge is 0.491 e. The van der Waals surface area contributed by atoms with E-state index in [0.29, 0.717) is 41.9 Å². The molecule has 3 nitrogen and oxygen atoms in total. The number of fused-ring (bicyclic) bond motifs is 1. The van der Waals surface area contributed by atoms with Crippen molar-refractivity contribution in [1.29, 1.82) is 0 Å². The third kappa shape index (κ3) is 2.51. The first-order valence-electron chi connectivity index (χ1n) is 5.93. The van der Waals surface area contributed by atoms with E-state index in [1.807, 2.05) is 0 Å². The molecule has 98 valence electrons. The standard InChI is InChI=1S/C13H15BrFNO2/c1-9(17)16-7-2-3-10-11(15)4-5-12(13(10)16)18-8-6-14/h4-5H,2-3,6-8H2,1H3. The molecule has 2 rings (SSSR count). The molecule has 18 heavy (non-hydrogen) atoms. The molecule has 0 aromatic heterocycles. The van der Waals surface area contributed by atoms with Gasteiger partial charge in [-0.15, -0.1) is 0 Å². The van der Waals surface area contributed by atoms with Gasteiger partial charge in [-0.25, -0.2) is 4.39 Å². The number of rotatable bonds is 3. The predicted octanol–water partition coefficient (Wildman–Crippen LogP) is 2.90. The number of amides is 1. The van der Waals surface area contributed by atoms with Gasteiger partial charge in [-0.3, -0.25) is 4.79 Å². The molecule has 1 aliphatic heterocycles. The lowest BCUT2D eigenvalue weighted by Crippen LogP contribution is -2.34. The van der Waals surface area contributed by atoms with Gasteiger partial charge in [-0.2, -0.15) is 0 Å². The summed E-state index contributed by atoms with van der Waals surface area (Å²) in [7, 11) is 0. The van der Waals surface area contributed by atoms with Gasteiger partial charge in [-0.1, -0.05) is 15.9 Å². The van der Waals surface area contributed by atoms with E-state index in [1.54, 1.807) is 11.0 Å². The lowest BCUT2D eigenvalue weighted by molar-refractivity contribution is -0.116. The second-order valence-corrected chi connectivity index (χ2v) is 4.98. The summed E-state index contributed by atoms with van der Waals surface area (Å²) < 4.78 is 19.4. The van der Waals surface area contributed by atoms with Crippen LogP contribution < -0.4 is 9.64 Å². The maximum Gasteiger partial charge on any atom is 0.223 e. The van der Waals surface area contributed by atoms with Crippen LogP contribution in [0.1, 0.15) is 18.9 Å². The molecule has 1 amide bonds. The molecule has 0 saturated heterocycles. The number of benzene rings is 1. The van der Waals surface area contributed by atoms with E-state index in [4.69, 9.17) is 4.74 Å². The van der Waals surface area contributed by atoms with Crippen molar-refractivity contribution in [2.45, 2.75) is 19.8 Å². The summed E-state index contributed by atoms with van der Waals surface area (Å²) in [6.45, 7) is 2.61. The van der Waals surface area contributed by atoms with Gasteiger partial charge < -0.3 is 9.64 Å². The van der Waals surface area contributed by atoms with Crippen molar-refractivity contribution in [2.75, 3.05) is 23.4 Å². The number of hydrogen-bond donors (Lipinski definition) is 0. The number of carbonyl (C=O) groups is 1. The monoisotopic (exact) mass is 315 g/mol. The molecule has 0 atom stereocenters. The van der Waals surface area contributed by atoms with Crippen molar-refractivity contribution >= 4 is 27.5 Å². The Bertz CT molecular complexity index is 465. The SMILES string of the molecule is CC(=O)N1CCCc2c(F)ccc(OCCBr)c21. The van der Waals surface area contributed by atoms with Crippen molar-refractivity contribution in [3.8, 4) is 5.75 Å². The van der Waals surface area contributed by atoms with Crippen molar-refractivity contribution in [2.24, 2.45) is 0 Å². The topological polar surface area (TPSA) is 29.5 Å². The van der Waals surface area contributed by atoms with E-state index >= 15 is 0 Å². The van der Waals surface area contributed by atoms with Gasteiger partial charge >= 0.3 is 0 Å². The van der Waals surface area contributed by atoms with Crippen LogP contribution in [0.4, 0.5) is 10.1 Å². The maximum absolute atomic E-state index is 13.8. The van der Waals surface area contributed by atoms with Gasteiger partial charge in [0.15, 0.2) is 0 Å². The van der Waals surface area contributed by atoms with Gasteiger partial charge in [0.25, 0.3) is 0 Å². The summed E-state index contributed by atoms with van der Waals surface area (Å²) in [5, 5.41) is 0.694. The summed E-state index contributed by atoms with van der Waals surface area (Å²) in [5.41, 5.74) is 1.19. The first-order valence-corrected chi connectivity index (χ1v) is 7.05. The Hall–Kier alpha value is -1.10. The van der Waals surface area contributed by atoms with Crippen LogP contribution in [0, 0.1) is 5.82 Å². The normalized spacial score (nSPS) is 14.3. The highest BCUT2D eigenvalue weighted by molar-refractivity contribution is 9.09. The average Bonchev–Trinajstić information content (AvgIpc) is 2.37. The third-order valence-electron chi connectivity index (χ3n) is 2.98. The minimum absolute atomic E-state index is 0.0785. The third-order valence-corrected chi connectivity index (χ3v) is 3.31. The lowest BCUT2D eigenvalue weighted by atomic mass is 10.00. The fourth-order valence-corrected chi connectivity index (χ4v) is 2.39. The molecule has 0 fully saturated rings. The predicted molar refractivity (Wildman–Crippen MR) is 72.0 cm³/mol. The number of carbonyl (C=O) groups excluding carboxylic acids is 1. The molecule has 1 aromatic rings. The van der Waals surface area contributed by atoms with Crippen LogP contribution in [0.5, 0.6) is 5.75 Å². The van der Waals surface area contributed by atoms with Gasteiger partial charge in [-0.05, 0) is 25.0 Å². The number of nitrogens with zero attached hydrogens (tertiary/aromatic N) is 1. The van der Waals surface area contributed by atoms with E-state index in [0.717, 1.165) is 6.42 Å². The Morgan fingerprint density at radius 3 is 3.00 bits per heavy atom. The molecule has 1 heterocycles. The van der Waals surface area contributed by atoms with Gasteiger partial charge in [0.2, 0.25) is 5.91 Å². The zero-order chi connectivity index (χ0) is 13.1. The van der Waals surface area contributed by atoms with Crippen LogP contribution >= 0.6 is 15.9 Å². The Balaban J connectivity index is 2.46. The maximum atomic E-state index is 13.8. The Labute approximate surface area is 114 Å². The van der Waals surface area contributed by atoms with E-state index in [-0.39, 0.29) is 11.7 Å². The van der Waals surface area contributed by atoms with E-state index < -0.39 is 0 Å². The first kappa shape index (κ1) is 13.3. The summed E-state index contributed by atoms with van der Waals surface area (Å²) >= 11 is 3.28. The van der Waals surface area contributed by atoms with Crippen molar-refractivity contribution in [3.05, 3.63) is 23.5 Å². The molecule has 0 spiro atoms. The van der Waals surface area contributed by atoms with Crippen LogP contribution in [0.2, 0.25) is 0 Å².